The maximum absolute atomic E-state index is 13.6. The van der Waals surface area contributed by atoms with Gasteiger partial charge in [0, 0.05) is 11.8 Å². The normalized spacial score (nSPS) is 14.5. The van der Waals surface area contributed by atoms with E-state index in [0.717, 1.165) is 40.4 Å². The van der Waals surface area contributed by atoms with Crippen molar-refractivity contribution in [3.8, 4) is 11.5 Å². The lowest BCUT2D eigenvalue weighted by molar-refractivity contribution is -0.139. The molecule has 1 atom stereocenters. The summed E-state index contributed by atoms with van der Waals surface area (Å²) in [5.74, 6) is 0.399. The van der Waals surface area contributed by atoms with E-state index in [1.54, 1.807) is 4.90 Å². The first-order chi connectivity index (χ1) is 17.5. The van der Waals surface area contributed by atoms with Crippen LogP contribution in [0, 0.1) is 6.92 Å². The molecule has 8 nitrogen and oxygen atoms in total. The molecule has 0 aliphatic carbocycles. The number of esters is 1. The van der Waals surface area contributed by atoms with E-state index in [1.807, 2.05) is 60.3 Å². The summed E-state index contributed by atoms with van der Waals surface area (Å²) in [6.07, 6.45) is 2.94. The molecule has 3 heterocycles. The summed E-state index contributed by atoms with van der Waals surface area (Å²) < 4.78 is 8.78. The molecule has 2 aromatic carbocycles. The van der Waals surface area contributed by atoms with Gasteiger partial charge in [0.25, 0.3) is 0 Å². The second-order valence-electron chi connectivity index (χ2n) is 8.80. The van der Waals surface area contributed by atoms with Gasteiger partial charge in [-0.05, 0) is 48.7 Å². The van der Waals surface area contributed by atoms with Crippen LogP contribution in [0.1, 0.15) is 41.0 Å². The molecule has 0 fully saturated rings. The molecule has 0 saturated heterocycles. The number of para-hydroxylation sites is 1. The molecule has 2 amide bonds. The largest absolute Gasteiger partial charge is 0.468 e. The highest BCUT2D eigenvalue weighted by Crippen LogP contribution is 2.38. The van der Waals surface area contributed by atoms with Crippen LogP contribution in [-0.4, -0.2) is 44.9 Å². The van der Waals surface area contributed by atoms with E-state index < -0.39 is 5.97 Å². The van der Waals surface area contributed by atoms with Crippen LogP contribution in [0.15, 0.2) is 72.9 Å². The fraction of sp³-hybridized carbons (Fsp3) is 0.250. The van der Waals surface area contributed by atoms with Crippen LogP contribution in [0.3, 0.4) is 0 Å². The van der Waals surface area contributed by atoms with Crippen molar-refractivity contribution in [1.29, 1.82) is 0 Å². The lowest BCUT2D eigenvalue weighted by atomic mass is 10.00. The molecule has 36 heavy (non-hydrogen) atoms. The van der Waals surface area contributed by atoms with Crippen molar-refractivity contribution in [1.82, 2.24) is 24.6 Å². The standard InChI is InChI=1S/C28H29N5O3/c1-4-20-12-14-21(15-13-20)26-24-11-8-16-31(24)27-23(18-32(26)28(35)29-17-25(34)36-3)19(2)30-33(27)22-9-6-5-7-10-22/h5-16,26H,4,17-18H2,1-3H3,(H,29,35)/t26-/m0/s1. The molecule has 0 unspecified atom stereocenters. The number of aromatic nitrogens is 3. The van der Waals surface area contributed by atoms with Crippen molar-refractivity contribution in [3.63, 3.8) is 0 Å². The molecule has 1 N–H and O–H groups in total. The molecule has 4 aromatic rings. The number of fused-ring (bicyclic) bond motifs is 3. The predicted molar refractivity (Wildman–Crippen MR) is 136 cm³/mol. The van der Waals surface area contributed by atoms with Crippen molar-refractivity contribution in [3.05, 3.63) is 101 Å². The van der Waals surface area contributed by atoms with Crippen molar-refractivity contribution in [2.24, 2.45) is 0 Å². The maximum atomic E-state index is 13.6. The summed E-state index contributed by atoms with van der Waals surface area (Å²) in [6, 6.07) is 21.6. The van der Waals surface area contributed by atoms with Crippen molar-refractivity contribution in [2.45, 2.75) is 32.9 Å². The zero-order chi connectivity index (χ0) is 25.2. The summed E-state index contributed by atoms with van der Waals surface area (Å²) in [7, 11) is 1.30. The third-order valence-electron chi connectivity index (χ3n) is 6.66. The van der Waals surface area contributed by atoms with Gasteiger partial charge in [0.15, 0.2) is 0 Å². The van der Waals surface area contributed by atoms with Gasteiger partial charge < -0.3 is 19.5 Å². The number of ether oxygens (including phenoxy) is 1. The van der Waals surface area contributed by atoms with E-state index in [4.69, 9.17) is 9.84 Å². The van der Waals surface area contributed by atoms with Crippen LogP contribution >= 0.6 is 0 Å². The van der Waals surface area contributed by atoms with Crippen LogP contribution in [0.5, 0.6) is 0 Å². The zero-order valence-electron chi connectivity index (χ0n) is 20.6. The Hall–Kier alpha value is -4.33. The molecule has 2 aromatic heterocycles. The number of hydrogen-bond donors (Lipinski definition) is 1. The first kappa shape index (κ1) is 23.4. The van der Waals surface area contributed by atoms with Crippen LogP contribution in [0.4, 0.5) is 4.79 Å². The summed E-state index contributed by atoms with van der Waals surface area (Å²) in [4.78, 5) is 27.1. The molecule has 1 aliphatic rings. The van der Waals surface area contributed by atoms with Crippen molar-refractivity contribution in [2.75, 3.05) is 13.7 Å². The van der Waals surface area contributed by atoms with E-state index in [9.17, 15) is 9.59 Å². The number of carbonyl (C=O) groups is 2. The zero-order valence-corrected chi connectivity index (χ0v) is 20.6. The van der Waals surface area contributed by atoms with Gasteiger partial charge in [-0.15, -0.1) is 0 Å². The molecule has 0 bridgehead atoms. The highest BCUT2D eigenvalue weighted by atomic mass is 16.5. The molecule has 184 valence electrons. The van der Waals surface area contributed by atoms with Crippen LogP contribution in [-0.2, 0) is 22.5 Å². The summed E-state index contributed by atoms with van der Waals surface area (Å²) in [5, 5.41) is 7.59. The minimum Gasteiger partial charge on any atom is -0.468 e. The second kappa shape index (κ2) is 9.73. The lowest BCUT2D eigenvalue weighted by Crippen LogP contribution is -2.44. The monoisotopic (exact) mass is 483 g/mol. The Morgan fingerprint density at radius 1 is 1.06 bits per heavy atom. The summed E-state index contributed by atoms with van der Waals surface area (Å²) in [5.41, 5.74) is 5.86. The van der Waals surface area contributed by atoms with Gasteiger partial charge in [0.2, 0.25) is 0 Å². The number of carbonyl (C=O) groups excluding carboxylic acids is 2. The first-order valence-corrected chi connectivity index (χ1v) is 12.0. The smallest absolute Gasteiger partial charge is 0.325 e. The van der Waals surface area contributed by atoms with Gasteiger partial charge in [-0.2, -0.15) is 5.10 Å². The van der Waals surface area contributed by atoms with E-state index in [1.165, 1.54) is 12.7 Å². The SMILES string of the molecule is CCc1ccc([C@H]2c3cccn3-c3c(c(C)nn3-c3ccccc3)CN2C(=O)NCC(=O)OC)cc1. The molecular weight excluding hydrogens is 454 g/mol. The van der Waals surface area contributed by atoms with E-state index in [2.05, 4.69) is 41.1 Å². The Morgan fingerprint density at radius 3 is 2.50 bits per heavy atom. The number of hydrogen-bond acceptors (Lipinski definition) is 4. The van der Waals surface area contributed by atoms with Gasteiger partial charge in [-0.3, -0.25) is 4.79 Å². The Morgan fingerprint density at radius 2 is 1.81 bits per heavy atom. The molecule has 0 spiro atoms. The molecule has 0 saturated carbocycles. The number of rotatable bonds is 5. The van der Waals surface area contributed by atoms with E-state index in [0.29, 0.717) is 6.54 Å². The number of amides is 2. The molecular formula is C28H29N5O3. The highest BCUT2D eigenvalue weighted by molar-refractivity contribution is 5.81. The quantitative estimate of drug-likeness (QED) is 0.429. The second-order valence-corrected chi connectivity index (χ2v) is 8.80. The van der Waals surface area contributed by atoms with Gasteiger partial charge >= 0.3 is 12.0 Å². The van der Waals surface area contributed by atoms with Crippen molar-refractivity contribution < 1.29 is 14.3 Å². The van der Waals surface area contributed by atoms with Crippen molar-refractivity contribution >= 4 is 12.0 Å². The van der Waals surface area contributed by atoms with Crippen LogP contribution < -0.4 is 5.32 Å². The number of methoxy groups -OCH3 is 1. The minimum atomic E-state index is -0.501. The molecule has 8 heteroatoms. The highest BCUT2D eigenvalue weighted by Gasteiger charge is 2.36. The topological polar surface area (TPSA) is 81.4 Å². The molecule has 5 rings (SSSR count). The fourth-order valence-electron chi connectivity index (χ4n) is 4.76. The third-order valence-corrected chi connectivity index (χ3v) is 6.66. The molecule has 0 radical (unpaired) electrons. The predicted octanol–water partition coefficient (Wildman–Crippen LogP) is 4.32. The minimum absolute atomic E-state index is 0.205. The summed E-state index contributed by atoms with van der Waals surface area (Å²) >= 11 is 0. The third kappa shape index (κ3) is 4.15. The van der Waals surface area contributed by atoms with Crippen LogP contribution in [0.25, 0.3) is 11.5 Å². The maximum Gasteiger partial charge on any atom is 0.325 e. The van der Waals surface area contributed by atoms with Gasteiger partial charge in [-0.1, -0.05) is 49.4 Å². The fourth-order valence-corrected chi connectivity index (χ4v) is 4.76. The van der Waals surface area contributed by atoms with Gasteiger partial charge in [-0.25, -0.2) is 9.48 Å². The average molecular weight is 484 g/mol. The van der Waals surface area contributed by atoms with Gasteiger partial charge in [0.1, 0.15) is 12.4 Å². The number of benzene rings is 2. The first-order valence-electron chi connectivity index (χ1n) is 12.0. The number of urea groups is 1. The Labute approximate surface area is 210 Å². The van der Waals surface area contributed by atoms with Crippen LogP contribution in [0.2, 0.25) is 0 Å². The Bertz CT molecular complexity index is 1390. The number of aryl methyl sites for hydroxylation is 2. The number of nitrogens with one attached hydrogen (secondary N) is 1. The van der Waals surface area contributed by atoms with Gasteiger partial charge in [0.05, 0.1) is 36.8 Å². The molecule has 1 aliphatic heterocycles. The van der Waals surface area contributed by atoms with E-state index in [-0.39, 0.29) is 18.6 Å². The number of nitrogens with zero attached hydrogens (tertiary/aromatic N) is 4. The van der Waals surface area contributed by atoms with E-state index >= 15 is 0 Å². The summed E-state index contributed by atoms with van der Waals surface area (Å²) in [6.45, 7) is 4.20. The lowest BCUT2D eigenvalue weighted by Gasteiger charge is -2.31. The Balaban J connectivity index is 1.68. The average Bonchev–Trinajstić information content (AvgIpc) is 3.48. The Kier molecular flexibility index (Phi) is 6.33.